The molecule has 1 unspecified atom stereocenters. The van der Waals surface area contributed by atoms with Crippen molar-refractivity contribution in [2.24, 2.45) is 5.41 Å². The van der Waals surface area contributed by atoms with Gasteiger partial charge in [0.2, 0.25) is 5.91 Å². The molecule has 0 radical (unpaired) electrons. The van der Waals surface area contributed by atoms with Gasteiger partial charge in [-0.15, -0.1) is 11.3 Å². The molecule has 0 aliphatic heterocycles. The van der Waals surface area contributed by atoms with Crippen LogP contribution in [0.3, 0.4) is 0 Å². The molecule has 128 valence electrons. The average Bonchev–Trinajstić information content (AvgIpc) is 2.87. The van der Waals surface area contributed by atoms with E-state index in [1.165, 1.54) is 11.3 Å². The van der Waals surface area contributed by atoms with Gasteiger partial charge in [-0.1, -0.05) is 26.8 Å². The second-order valence-electron chi connectivity index (χ2n) is 6.81. The first-order valence-electron chi connectivity index (χ1n) is 7.81. The molecule has 2 amide bonds. The molecule has 1 atom stereocenters. The number of nitrogens with one attached hydrogen (secondary N) is 2. The Kier molecular flexibility index (Phi) is 5.39. The third-order valence-corrected chi connectivity index (χ3v) is 4.73. The normalized spacial score (nSPS) is 12.5. The van der Waals surface area contributed by atoms with Gasteiger partial charge in [0.1, 0.15) is 0 Å². The van der Waals surface area contributed by atoms with Crippen molar-refractivity contribution in [3.8, 4) is 0 Å². The second-order valence-corrected chi connectivity index (χ2v) is 7.86. The van der Waals surface area contributed by atoms with Gasteiger partial charge in [0.25, 0.3) is 5.91 Å². The van der Waals surface area contributed by atoms with E-state index >= 15 is 0 Å². The van der Waals surface area contributed by atoms with E-state index < -0.39 is 5.41 Å². The fourth-order valence-electron chi connectivity index (χ4n) is 2.05. The zero-order valence-electron chi connectivity index (χ0n) is 14.6. The number of hydrogen-bond donors (Lipinski definition) is 2. The van der Waals surface area contributed by atoms with Crippen LogP contribution in [0.1, 0.15) is 54.5 Å². The van der Waals surface area contributed by atoms with Gasteiger partial charge >= 0.3 is 0 Å². The number of nitrogens with zero attached hydrogens (tertiary/aromatic N) is 1. The van der Waals surface area contributed by atoms with Crippen molar-refractivity contribution in [3.05, 3.63) is 46.6 Å². The van der Waals surface area contributed by atoms with E-state index in [1.54, 1.807) is 12.4 Å². The Hall–Kier alpha value is -2.21. The van der Waals surface area contributed by atoms with Gasteiger partial charge in [-0.05, 0) is 37.1 Å². The minimum atomic E-state index is -0.477. The van der Waals surface area contributed by atoms with Gasteiger partial charge in [0.05, 0.1) is 15.9 Å². The summed E-state index contributed by atoms with van der Waals surface area (Å²) < 4.78 is 0. The lowest BCUT2D eigenvalue weighted by Crippen LogP contribution is -2.27. The minimum Gasteiger partial charge on any atom is -0.345 e. The number of hydrogen-bond acceptors (Lipinski definition) is 4. The predicted octanol–water partition coefficient (Wildman–Crippen LogP) is 3.93. The van der Waals surface area contributed by atoms with Crippen molar-refractivity contribution in [1.29, 1.82) is 0 Å². The third-order valence-electron chi connectivity index (χ3n) is 3.57. The highest BCUT2D eigenvalue weighted by Gasteiger charge is 2.23. The topological polar surface area (TPSA) is 71.1 Å². The van der Waals surface area contributed by atoms with Gasteiger partial charge in [0.15, 0.2) is 0 Å². The van der Waals surface area contributed by atoms with E-state index in [0.29, 0.717) is 9.88 Å². The number of anilines is 1. The molecule has 6 heteroatoms. The molecule has 0 bridgehead atoms. The zero-order valence-corrected chi connectivity index (χ0v) is 15.5. The van der Waals surface area contributed by atoms with Crippen LogP contribution < -0.4 is 10.6 Å². The fraction of sp³-hybridized carbons (Fsp3) is 0.389. The number of carbonyl (C=O) groups is 2. The third kappa shape index (κ3) is 4.41. The van der Waals surface area contributed by atoms with Crippen molar-refractivity contribution in [2.75, 3.05) is 5.32 Å². The monoisotopic (exact) mass is 345 g/mol. The molecule has 0 aliphatic carbocycles. The van der Waals surface area contributed by atoms with E-state index in [4.69, 9.17) is 0 Å². The second kappa shape index (κ2) is 7.13. The molecular formula is C18H23N3O2S. The maximum Gasteiger partial charge on any atom is 0.262 e. The van der Waals surface area contributed by atoms with Gasteiger partial charge < -0.3 is 10.6 Å². The molecule has 2 aromatic heterocycles. The van der Waals surface area contributed by atoms with Crippen molar-refractivity contribution in [3.63, 3.8) is 0 Å². The summed E-state index contributed by atoms with van der Waals surface area (Å²) in [5.74, 6) is -0.218. The van der Waals surface area contributed by atoms with Crippen LogP contribution in [-0.4, -0.2) is 16.8 Å². The molecule has 0 aromatic carbocycles. The Labute approximate surface area is 146 Å². The predicted molar refractivity (Wildman–Crippen MR) is 97.3 cm³/mol. The zero-order chi connectivity index (χ0) is 17.9. The molecule has 0 saturated carbocycles. The standard InChI is InChI=1S/C18H23N3O2S/c1-11-9-14(21-17(23)18(3,4)5)24-15(11)16(22)20-12(2)13-7-6-8-19-10-13/h6-10,12H,1-5H3,(H,20,22)(H,21,23). The van der Waals surface area contributed by atoms with Crippen molar-refractivity contribution in [1.82, 2.24) is 10.3 Å². The van der Waals surface area contributed by atoms with Gasteiger partial charge in [-0.25, -0.2) is 0 Å². The van der Waals surface area contributed by atoms with Gasteiger partial charge in [-0.2, -0.15) is 0 Å². The van der Waals surface area contributed by atoms with Crippen LogP contribution in [0.5, 0.6) is 0 Å². The summed E-state index contributed by atoms with van der Waals surface area (Å²) in [4.78, 5) is 29.3. The number of aromatic nitrogens is 1. The lowest BCUT2D eigenvalue weighted by Gasteiger charge is -2.16. The Morgan fingerprint density at radius 1 is 1.29 bits per heavy atom. The molecule has 5 nitrogen and oxygen atoms in total. The number of pyridine rings is 1. The molecule has 0 spiro atoms. The first kappa shape index (κ1) is 18.1. The lowest BCUT2D eigenvalue weighted by atomic mass is 9.96. The number of thiophene rings is 1. The number of rotatable bonds is 4. The Balaban J connectivity index is 2.09. The average molecular weight is 345 g/mol. The van der Waals surface area contributed by atoms with Crippen LogP contribution >= 0.6 is 11.3 Å². The Bertz CT molecular complexity index is 732. The summed E-state index contributed by atoms with van der Waals surface area (Å²) >= 11 is 1.29. The quantitative estimate of drug-likeness (QED) is 0.882. The SMILES string of the molecule is Cc1cc(NC(=O)C(C)(C)C)sc1C(=O)NC(C)c1cccnc1. The highest BCUT2D eigenvalue weighted by molar-refractivity contribution is 7.18. The first-order valence-corrected chi connectivity index (χ1v) is 8.63. The summed E-state index contributed by atoms with van der Waals surface area (Å²) in [6.45, 7) is 9.34. The van der Waals surface area contributed by atoms with E-state index in [9.17, 15) is 9.59 Å². The maximum atomic E-state index is 12.5. The summed E-state index contributed by atoms with van der Waals surface area (Å²) in [5, 5.41) is 6.53. The van der Waals surface area contributed by atoms with Crippen molar-refractivity contribution in [2.45, 2.75) is 40.7 Å². The summed E-state index contributed by atoms with van der Waals surface area (Å²) in [6.07, 6.45) is 3.44. The molecule has 2 N–H and O–H groups in total. The Morgan fingerprint density at radius 2 is 2.00 bits per heavy atom. The van der Waals surface area contributed by atoms with Crippen LogP contribution in [0.15, 0.2) is 30.6 Å². The molecule has 2 aromatic rings. The first-order chi connectivity index (χ1) is 11.2. The molecule has 24 heavy (non-hydrogen) atoms. The fourth-order valence-corrected chi connectivity index (χ4v) is 3.02. The highest BCUT2D eigenvalue weighted by atomic mass is 32.1. The van der Waals surface area contributed by atoms with Crippen LogP contribution in [-0.2, 0) is 4.79 Å². The minimum absolute atomic E-state index is 0.0700. The summed E-state index contributed by atoms with van der Waals surface area (Å²) in [7, 11) is 0. The van der Waals surface area contributed by atoms with Crippen molar-refractivity contribution >= 4 is 28.2 Å². The molecule has 2 rings (SSSR count). The summed E-state index contributed by atoms with van der Waals surface area (Å²) in [5.41, 5.74) is 1.32. The van der Waals surface area contributed by atoms with Crippen LogP contribution in [0.25, 0.3) is 0 Å². The van der Waals surface area contributed by atoms with E-state index in [0.717, 1.165) is 11.1 Å². The number of amides is 2. The Morgan fingerprint density at radius 3 is 2.58 bits per heavy atom. The molecular weight excluding hydrogens is 322 g/mol. The van der Waals surface area contributed by atoms with Crippen LogP contribution in [0, 0.1) is 12.3 Å². The largest absolute Gasteiger partial charge is 0.345 e. The van der Waals surface area contributed by atoms with E-state index in [2.05, 4.69) is 15.6 Å². The highest BCUT2D eigenvalue weighted by Crippen LogP contribution is 2.29. The molecule has 0 aliphatic rings. The maximum absolute atomic E-state index is 12.5. The van der Waals surface area contributed by atoms with E-state index in [1.807, 2.05) is 52.8 Å². The number of aryl methyl sites for hydroxylation is 1. The molecule has 0 fully saturated rings. The van der Waals surface area contributed by atoms with Crippen molar-refractivity contribution < 1.29 is 9.59 Å². The van der Waals surface area contributed by atoms with Gasteiger partial charge in [-0.3, -0.25) is 14.6 Å². The molecule has 0 saturated heterocycles. The van der Waals surface area contributed by atoms with Crippen LogP contribution in [0.4, 0.5) is 5.00 Å². The number of carbonyl (C=O) groups excluding carboxylic acids is 2. The summed E-state index contributed by atoms with van der Waals surface area (Å²) in [6, 6.07) is 5.46. The van der Waals surface area contributed by atoms with Gasteiger partial charge in [0, 0.05) is 17.8 Å². The smallest absolute Gasteiger partial charge is 0.262 e. The van der Waals surface area contributed by atoms with Crippen LogP contribution in [0.2, 0.25) is 0 Å². The van der Waals surface area contributed by atoms with E-state index in [-0.39, 0.29) is 17.9 Å². The molecule has 2 heterocycles. The lowest BCUT2D eigenvalue weighted by molar-refractivity contribution is -0.123.